The number of hydrogen-bond donors (Lipinski definition) is 1. The smallest absolute Gasteiger partial charge is 1.00 e. The van der Waals surface area contributed by atoms with Crippen LogP contribution in [0.25, 0.3) is 0 Å². The summed E-state index contributed by atoms with van der Waals surface area (Å²) in [6.07, 6.45) is 7.15. The Balaban J connectivity index is 0. The molecular formula is C12H19NaO3. The molecule has 0 bridgehead atoms. The minimum Gasteiger partial charge on any atom is -1.00 e. The topological polar surface area (TPSA) is 54.4 Å². The van der Waals surface area contributed by atoms with Crippen LogP contribution < -0.4 is 29.6 Å². The Morgan fingerprint density at radius 3 is 2.81 bits per heavy atom. The number of carbonyl (C=O) groups is 2. The second-order valence-electron chi connectivity index (χ2n) is 4.08. The average Bonchev–Trinajstić information content (AvgIpc) is 2.49. The molecule has 86 valence electrons. The van der Waals surface area contributed by atoms with Crippen molar-refractivity contribution >= 4 is 11.8 Å². The van der Waals surface area contributed by atoms with Gasteiger partial charge in [0.25, 0.3) is 0 Å². The monoisotopic (exact) mass is 234 g/mol. The van der Waals surface area contributed by atoms with Crippen molar-refractivity contribution in [2.75, 3.05) is 0 Å². The van der Waals surface area contributed by atoms with E-state index >= 15 is 0 Å². The van der Waals surface area contributed by atoms with E-state index in [2.05, 4.69) is 0 Å². The van der Waals surface area contributed by atoms with Crippen molar-refractivity contribution in [3.8, 4) is 0 Å². The summed E-state index contributed by atoms with van der Waals surface area (Å²) in [5.74, 6) is -0.554. The van der Waals surface area contributed by atoms with Gasteiger partial charge in [0.15, 0.2) is 0 Å². The van der Waals surface area contributed by atoms with Crippen molar-refractivity contribution in [1.29, 1.82) is 0 Å². The Kier molecular flexibility index (Phi) is 7.98. The molecule has 1 rings (SSSR count). The summed E-state index contributed by atoms with van der Waals surface area (Å²) in [4.78, 5) is 22.1. The zero-order valence-corrected chi connectivity index (χ0v) is 12.1. The van der Waals surface area contributed by atoms with E-state index in [1.165, 1.54) is 0 Å². The molecule has 3 nitrogen and oxygen atoms in total. The zero-order chi connectivity index (χ0) is 11.3. The van der Waals surface area contributed by atoms with Gasteiger partial charge in [-0.1, -0.05) is 19.1 Å². The van der Waals surface area contributed by atoms with Crippen LogP contribution in [-0.2, 0) is 9.59 Å². The number of aliphatic carboxylic acids is 1. The van der Waals surface area contributed by atoms with Crippen LogP contribution in [0, 0.1) is 11.8 Å². The van der Waals surface area contributed by atoms with Crippen LogP contribution in [0.1, 0.15) is 40.5 Å². The molecular weight excluding hydrogens is 215 g/mol. The number of allylic oxidation sites excluding steroid dienone is 2. The average molecular weight is 234 g/mol. The summed E-state index contributed by atoms with van der Waals surface area (Å²) >= 11 is 0. The van der Waals surface area contributed by atoms with Gasteiger partial charge >= 0.3 is 35.5 Å². The van der Waals surface area contributed by atoms with Gasteiger partial charge < -0.3 is 6.53 Å². The summed E-state index contributed by atoms with van der Waals surface area (Å²) in [5.41, 5.74) is 0. The molecule has 0 aromatic rings. The van der Waals surface area contributed by atoms with Crippen molar-refractivity contribution in [2.45, 2.75) is 39.0 Å². The molecule has 4 heteroatoms. The maximum Gasteiger partial charge on any atom is 1.00 e. The first-order valence-electron chi connectivity index (χ1n) is 5.54. The molecule has 2 atom stereocenters. The molecule has 0 heterocycles. The zero-order valence-electron chi connectivity index (χ0n) is 11.1. The Bertz CT molecular complexity index is 279. The quantitative estimate of drug-likeness (QED) is 0.517. The SMILES string of the molecule is CC/C=C\C[C@@H]1C(=O)CC[C@H]1CC(=O)O.[H-].[Na+]. The molecule has 0 aromatic heterocycles. The van der Waals surface area contributed by atoms with Gasteiger partial charge in [0.1, 0.15) is 5.78 Å². The molecule has 0 aliphatic heterocycles. The number of carboxylic acid groups (broad SMARTS) is 1. The summed E-state index contributed by atoms with van der Waals surface area (Å²) in [6.45, 7) is 2.04. The number of carboxylic acids is 1. The normalized spacial score (nSPS) is 24.7. The Hall–Kier alpha value is -0.120. The Morgan fingerprint density at radius 2 is 2.25 bits per heavy atom. The number of ketones is 1. The third-order valence-electron chi connectivity index (χ3n) is 2.97. The minimum absolute atomic E-state index is 0. The fourth-order valence-corrected chi connectivity index (χ4v) is 2.18. The van der Waals surface area contributed by atoms with Gasteiger partial charge in [-0.2, -0.15) is 0 Å². The number of rotatable bonds is 5. The first kappa shape index (κ1) is 15.9. The van der Waals surface area contributed by atoms with Crippen molar-refractivity contribution in [3.63, 3.8) is 0 Å². The molecule has 1 fully saturated rings. The van der Waals surface area contributed by atoms with Crippen LogP contribution in [-0.4, -0.2) is 16.9 Å². The van der Waals surface area contributed by atoms with Crippen molar-refractivity contribution in [3.05, 3.63) is 12.2 Å². The number of hydrogen-bond acceptors (Lipinski definition) is 2. The maximum atomic E-state index is 11.5. The van der Waals surface area contributed by atoms with E-state index in [9.17, 15) is 9.59 Å². The molecule has 0 unspecified atom stereocenters. The third-order valence-corrected chi connectivity index (χ3v) is 2.97. The second-order valence-corrected chi connectivity index (χ2v) is 4.08. The van der Waals surface area contributed by atoms with Crippen LogP contribution in [0.5, 0.6) is 0 Å². The molecule has 1 saturated carbocycles. The third kappa shape index (κ3) is 4.81. The first-order valence-corrected chi connectivity index (χ1v) is 5.54. The second kappa shape index (κ2) is 8.04. The Labute approximate surface area is 120 Å². The van der Waals surface area contributed by atoms with Gasteiger partial charge in [-0.25, -0.2) is 0 Å². The summed E-state index contributed by atoms with van der Waals surface area (Å²) in [7, 11) is 0. The summed E-state index contributed by atoms with van der Waals surface area (Å²) in [6, 6.07) is 0. The van der Waals surface area contributed by atoms with Gasteiger partial charge in [0.2, 0.25) is 0 Å². The molecule has 1 N–H and O–H groups in total. The van der Waals surface area contributed by atoms with E-state index in [1.807, 2.05) is 19.1 Å². The number of carbonyl (C=O) groups excluding carboxylic acids is 1. The fourth-order valence-electron chi connectivity index (χ4n) is 2.18. The van der Waals surface area contributed by atoms with Gasteiger partial charge in [0.05, 0.1) is 0 Å². The largest absolute Gasteiger partial charge is 1.00 e. The number of Topliss-reactive ketones (excluding diaryl/α,β-unsaturated/α-hetero) is 1. The molecule has 0 amide bonds. The van der Waals surface area contributed by atoms with Crippen LogP contribution in [0.4, 0.5) is 0 Å². The van der Waals surface area contributed by atoms with E-state index in [1.54, 1.807) is 0 Å². The predicted octanol–water partition coefficient (Wildman–Crippen LogP) is -0.471. The molecule has 0 saturated heterocycles. The van der Waals surface area contributed by atoms with Crippen molar-refractivity contribution < 1.29 is 45.7 Å². The van der Waals surface area contributed by atoms with E-state index in [4.69, 9.17) is 5.11 Å². The van der Waals surface area contributed by atoms with E-state index in [-0.39, 0.29) is 55.0 Å². The molecule has 1 aliphatic rings. The van der Waals surface area contributed by atoms with E-state index in [0.717, 1.165) is 12.8 Å². The van der Waals surface area contributed by atoms with Gasteiger partial charge in [-0.3, -0.25) is 9.59 Å². The van der Waals surface area contributed by atoms with Gasteiger partial charge in [0, 0.05) is 18.8 Å². The van der Waals surface area contributed by atoms with Crippen LogP contribution in [0.2, 0.25) is 0 Å². The van der Waals surface area contributed by atoms with Crippen molar-refractivity contribution in [1.82, 2.24) is 0 Å². The molecule has 16 heavy (non-hydrogen) atoms. The minimum atomic E-state index is -0.792. The van der Waals surface area contributed by atoms with E-state index in [0.29, 0.717) is 12.8 Å². The fraction of sp³-hybridized carbons (Fsp3) is 0.667. The van der Waals surface area contributed by atoms with Crippen molar-refractivity contribution in [2.24, 2.45) is 11.8 Å². The van der Waals surface area contributed by atoms with Gasteiger partial charge in [-0.15, -0.1) is 0 Å². The van der Waals surface area contributed by atoms with E-state index < -0.39 is 5.97 Å². The molecule has 0 aromatic carbocycles. The standard InChI is InChI=1S/C12H18O3.Na.H/c1-2-3-4-5-10-9(8-12(14)15)6-7-11(10)13;;/h3-4,9-10H,2,5-8H2,1H3,(H,14,15);;/q;+1;-1/b4-3-;;/t9-,10-;;/m0../s1. The summed E-state index contributed by atoms with van der Waals surface area (Å²) in [5, 5.41) is 8.72. The first-order chi connectivity index (χ1) is 7.15. The van der Waals surface area contributed by atoms with Gasteiger partial charge in [-0.05, 0) is 25.2 Å². The van der Waals surface area contributed by atoms with Crippen LogP contribution in [0.3, 0.4) is 0 Å². The predicted molar refractivity (Wildman–Crippen MR) is 58.6 cm³/mol. The van der Waals surface area contributed by atoms with Crippen LogP contribution >= 0.6 is 0 Å². The molecule has 1 aliphatic carbocycles. The maximum absolute atomic E-state index is 11.5. The van der Waals surface area contributed by atoms with Crippen LogP contribution in [0.15, 0.2) is 12.2 Å². The molecule has 0 radical (unpaired) electrons. The Morgan fingerprint density at radius 1 is 1.56 bits per heavy atom. The summed E-state index contributed by atoms with van der Waals surface area (Å²) < 4.78 is 0. The molecule has 0 spiro atoms.